The lowest BCUT2D eigenvalue weighted by molar-refractivity contribution is -0.269. The van der Waals surface area contributed by atoms with Crippen LogP contribution in [0.4, 0.5) is 0 Å². The first-order valence-corrected chi connectivity index (χ1v) is 4.66. The predicted molar refractivity (Wildman–Crippen MR) is 49.0 cm³/mol. The van der Waals surface area contributed by atoms with Gasteiger partial charge in [-0.2, -0.15) is 0 Å². The topological polar surface area (TPSA) is 52.9 Å². The Morgan fingerprint density at radius 3 is 2.46 bits per heavy atom. The molecule has 0 aromatic rings. The maximum absolute atomic E-state index is 9.60. The molecule has 2 atom stereocenters. The summed E-state index contributed by atoms with van der Waals surface area (Å²) in [6.07, 6.45) is 0.0482. The first kappa shape index (κ1) is 10.9. The van der Waals surface area contributed by atoms with E-state index in [1.54, 1.807) is 4.90 Å². The summed E-state index contributed by atoms with van der Waals surface area (Å²) in [4.78, 5) is 1.76. The van der Waals surface area contributed by atoms with Gasteiger partial charge in [0.15, 0.2) is 0 Å². The molecule has 4 heteroatoms. The number of ether oxygens (including phenoxy) is 1. The molecule has 0 aliphatic carbocycles. The Labute approximate surface area is 79.1 Å². The lowest BCUT2D eigenvalue weighted by Gasteiger charge is -2.44. The quantitative estimate of drug-likeness (QED) is 0.620. The van der Waals surface area contributed by atoms with Crippen LogP contribution in [0.5, 0.6) is 0 Å². The van der Waals surface area contributed by atoms with Gasteiger partial charge in [-0.25, -0.2) is 4.90 Å². The van der Waals surface area contributed by atoms with Gasteiger partial charge in [0.25, 0.3) is 0 Å². The summed E-state index contributed by atoms with van der Waals surface area (Å²) in [5.74, 6) is 0. The van der Waals surface area contributed by atoms with Crippen molar-refractivity contribution in [2.24, 2.45) is 0 Å². The molecule has 0 radical (unpaired) electrons. The van der Waals surface area contributed by atoms with Crippen LogP contribution in [0.25, 0.3) is 0 Å². The lowest BCUT2D eigenvalue weighted by atomic mass is 10.1. The van der Waals surface area contributed by atoms with E-state index in [4.69, 9.17) is 9.84 Å². The normalized spacial score (nSPS) is 27.0. The van der Waals surface area contributed by atoms with E-state index in [1.807, 2.05) is 20.8 Å². The van der Waals surface area contributed by atoms with E-state index in [2.05, 4.69) is 0 Å². The minimum absolute atomic E-state index is 0.0670. The van der Waals surface area contributed by atoms with Gasteiger partial charge in [0.1, 0.15) is 0 Å². The van der Waals surface area contributed by atoms with E-state index in [1.165, 1.54) is 0 Å². The summed E-state index contributed by atoms with van der Waals surface area (Å²) in [5.41, 5.74) is -0.352. The summed E-state index contributed by atoms with van der Waals surface area (Å²) >= 11 is 0. The zero-order valence-electron chi connectivity index (χ0n) is 8.53. The number of aliphatic hydroxyl groups excluding tert-OH is 2. The van der Waals surface area contributed by atoms with Crippen LogP contribution in [-0.2, 0) is 4.74 Å². The molecule has 4 nitrogen and oxygen atoms in total. The lowest BCUT2D eigenvalue weighted by Crippen LogP contribution is -2.57. The number of rotatable bonds is 3. The minimum Gasteiger partial charge on any atom is -0.395 e. The van der Waals surface area contributed by atoms with Gasteiger partial charge in [0.2, 0.25) is 6.41 Å². The fraction of sp³-hybridized carbons (Fsp3) is 1.00. The molecule has 1 fully saturated rings. The predicted octanol–water partition coefficient (Wildman–Crippen LogP) is 0.144. The van der Waals surface area contributed by atoms with Crippen molar-refractivity contribution in [2.75, 3.05) is 13.2 Å². The van der Waals surface area contributed by atoms with Gasteiger partial charge in [-0.15, -0.1) is 0 Å². The third-order valence-electron chi connectivity index (χ3n) is 2.14. The monoisotopic (exact) mass is 189 g/mol. The first-order valence-electron chi connectivity index (χ1n) is 4.66. The Hall–Kier alpha value is -0.160. The standard InChI is InChI=1S/C9H19NO3/c1-9(2,3)13-8(12)10-5-4-7(10)6-11/h7-8,11-12H,4-6H2,1-3H3/t7-,8?/m1/s1. The highest BCUT2D eigenvalue weighted by atomic mass is 16.6. The van der Waals surface area contributed by atoms with Crippen molar-refractivity contribution in [3.05, 3.63) is 0 Å². The molecule has 1 aliphatic rings. The zero-order chi connectivity index (χ0) is 10.1. The highest BCUT2D eigenvalue weighted by Crippen LogP contribution is 2.22. The Morgan fingerprint density at radius 1 is 1.54 bits per heavy atom. The van der Waals surface area contributed by atoms with Crippen molar-refractivity contribution in [1.82, 2.24) is 4.90 Å². The zero-order valence-corrected chi connectivity index (χ0v) is 8.53. The average Bonchev–Trinajstić information content (AvgIpc) is 1.80. The van der Waals surface area contributed by atoms with Gasteiger partial charge in [-0.3, -0.25) is 0 Å². The largest absolute Gasteiger partial charge is 0.395 e. The molecule has 1 heterocycles. The molecule has 78 valence electrons. The highest BCUT2D eigenvalue weighted by Gasteiger charge is 2.34. The maximum Gasteiger partial charge on any atom is 0.216 e. The fourth-order valence-electron chi connectivity index (χ4n) is 1.33. The van der Waals surface area contributed by atoms with Crippen LogP contribution in [0.1, 0.15) is 27.2 Å². The fourth-order valence-corrected chi connectivity index (χ4v) is 1.33. The number of aliphatic hydroxyl groups is 2. The van der Waals surface area contributed by atoms with Crippen LogP contribution in [0.2, 0.25) is 0 Å². The Morgan fingerprint density at radius 2 is 2.15 bits per heavy atom. The Kier molecular flexibility index (Phi) is 3.29. The molecule has 1 saturated heterocycles. The van der Waals surface area contributed by atoms with Crippen molar-refractivity contribution in [1.29, 1.82) is 0 Å². The summed E-state index contributed by atoms with van der Waals surface area (Å²) in [5, 5.41) is 18.5. The molecule has 0 aromatic carbocycles. The molecule has 2 N–H and O–H groups in total. The van der Waals surface area contributed by atoms with Gasteiger partial charge in [-0.1, -0.05) is 0 Å². The number of nitrogens with zero attached hydrogens (tertiary/aromatic N) is 1. The Balaban J connectivity index is 2.35. The van der Waals surface area contributed by atoms with Crippen LogP contribution in [0.15, 0.2) is 0 Å². The van der Waals surface area contributed by atoms with Crippen LogP contribution >= 0.6 is 0 Å². The van der Waals surface area contributed by atoms with Crippen LogP contribution in [0.3, 0.4) is 0 Å². The van der Waals surface area contributed by atoms with Gasteiger partial charge in [-0.05, 0) is 27.2 Å². The molecule has 13 heavy (non-hydrogen) atoms. The third kappa shape index (κ3) is 2.91. The third-order valence-corrected chi connectivity index (χ3v) is 2.14. The summed E-state index contributed by atoms with van der Waals surface area (Å²) in [7, 11) is 0. The summed E-state index contributed by atoms with van der Waals surface area (Å²) in [6, 6.07) is 0.0670. The summed E-state index contributed by atoms with van der Waals surface area (Å²) in [6.45, 7) is 6.56. The van der Waals surface area contributed by atoms with Crippen molar-refractivity contribution in [3.63, 3.8) is 0 Å². The molecule has 0 saturated carbocycles. The first-order chi connectivity index (χ1) is 5.94. The second-order valence-corrected chi connectivity index (χ2v) is 4.42. The van der Waals surface area contributed by atoms with Crippen molar-refractivity contribution in [2.45, 2.75) is 45.2 Å². The van der Waals surface area contributed by atoms with Gasteiger partial charge >= 0.3 is 0 Å². The SMILES string of the molecule is CC(C)(C)OC(O)N1CC[C@@H]1CO. The van der Waals surface area contributed by atoms with Crippen LogP contribution in [-0.4, -0.2) is 46.3 Å². The molecule has 0 bridgehead atoms. The molecule has 0 aromatic heterocycles. The summed E-state index contributed by atoms with van der Waals surface area (Å²) < 4.78 is 5.34. The Bertz CT molecular complexity index is 165. The van der Waals surface area contributed by atoms with Gasteiger partial charge in [0, 0.05) is 12.6 Å². The van der Waals surface area contributed by atoms with E-state index in [9.17, 15) is 5.11 Å². The molecular formula is C9H19NO3. The van der Waals surface area contributed by atoms with Crippen molar-refractivity contribution >= 4 is 0 Å². The molecule has 0 spiro atoms. The smallest absolute Gasteiger partial charge is 0.216 e. The number of hydrogen-bond donors (Lipinski definition) is 2. The second kappa shape index (κ2) is 3.92. The van der Waals surface area contributed by atoms with E-state index < -0.39 is 6.41 Å². The molecule has 0 amide bonds. The molecular weight excluding hydrogens is 170 g/mol. The minimum atomic E-state index is -0.883. The maximum atomic E-state index is 9.60. The molecule has 1 unspecified atom stereocenters. The van der Waals surface area contributed by atoms with Crippen LogP contribution < -0.4 is 0 Å². The second-order valence-electron chi connectivity index (χ2n) is 4.42. The van der Waals surface area contributed by atoms with E-state index in [-0.39, 0.29) is 18.2 Å². The van der Waals surface area contributed by atoms with Crippen LogP contribution in [0, 0.1) is 0 Å². The van der Waals surface area contributed by atoms with E-state index in [0.717, 1.165) is 13.0 Å². The highest BCUT2D eigenvalue weighted by molar-refractivity contribution is 4.81. The number of hydrogen-bond acceptors (Lipinski definition) is 4. The number of likely N-dealkylation sites (tertiary alicyclic amines) is 1. The molecule has 1 rings (SSSR count). The van der Waals surface area contributed by atoms with E-state index in [0.29, 0.717) is 0 Å². The van der Waals surface area contributed by atoms with Crippen molar-refractivity contribution < 1.29 is 14.9 Å². The average molecular weight is 189 g/mol. The van der Waals surface area contributed by atoms with Crippen molar-refractivity contribution in [3.8, 4) is 0 Å². The van der Waals surface area contributed by atoms with Gasteiger partial charge in [0.05, 0.1) is 12.2 Å². The van der Waals surface area contributed by atoms with Gasteiger partial charge < -0.3 is 14.9 Å². The van der Waals surface area contributed by atoms with E-state index >= 15 is 0 Å². The molecule has 1 aliphatic heterocycles.